The molecule has 5 rings (SSSR count). The average Bonchev–Trinajstić information content (AvgIpc) is 3.37. The molecule has 3 N–H and O–H groups in total. The molecule has 11 heteroatoms. The number of carbonyl (C=O) groups is 1. The van der Waals surface area contributed by atoms with Crippen molar-refractivity contribution >= 4 is 65.5 Å². The summed E-state index contributed by atoms with van der Waals surface area (Å²) in [5.74, 6) is 1.24. The fourth-order valence-electron chi connectivity index (χ4n) is 3.24. The van der Waals surface area contributed by atoms with Gasteiger partial charge in [0.15, 0.2) is 11.5 Å². The molecule has 0 fully saturated rings. The Hall–Kier alpha value is -3.47. The number of ether oxygens (including phenoxy) is 2. The first-order chi connectivity index (χ1) is 15.9. The first-order valence-electron chi connectivity index (χ1n) is 9.67. The van der Waals surface area contributed by atoms with E-state index in [-0.39, 0.29) is 11.7 Å². The summed E-state index contributed by atoms with van der Waals surface area (Å²) in [6.45, 7) is 0.167. The number of urea groups is 1. The molecule has 2 heterocycles. The summed E-state index contributed by atoms with van der Waals surface area (Å²) >= 11 is 7.75. The first-order valence-corrected chi connectivity index (χ1v) is 12.3. The highest BCUT2D eigenvalue weighted by Crippen LogP contribution is 2.45. The van der Waals surface area contributed by atoms with Crippen molar-refractivity contribution in [3.63, 3.8) is 0 Å². The monoisotopic (exact) mass is 501 g/mol. The van der Waals surface area contributed by atoms with E-state index in [9.17, 15) is 13.2 Å². The van der Waals surface area contributed by atoms with Crippen LogP contribution in [0.25, 0.3) is 10.1 Å². The Morgan fingerprint density at radius 1 is 0.909 bits per heavy atom. The molecule has 0 saturated carbocycles. The SMILES string of the molecule is O=C(Nc1ccc(S(=O)(=O)Nc2ccccc2)cc1)Nc1sc2cc3c(cc2c1Cl)OCO3. The van der Waals surface area contributed by atoms with E-state index in [1.54, 1.807) is 36.4 Å². The third-order valence-electron chi connectivity index (χ3n) is 4.80. The van der Waals surface area contributed by atoms with Crippen LogP contribution in [0.1, 0.15) is 0 Å². The summed E-state index contributed by atoms with van der Waals surface area (Å²) in [6.07, 6.45) is 0. The van der Waals surface area contributed by atoms with E-state index in [2.05, 4.69) is 15.4 Å². The maximum Gasteiger partial charge on any atom is 0.324 e. The highest BCUT2D eigenvalue weighted by atomic mass is 35.5. The third-order valence-corrected chi connectivity index (χ3v) is 7.77. The van der Waals surface area contributed by atoms with Crippen LogP contribution in [0.3, 0.4) is 0 Å². The summed E-state index contributed by atoms with van der Waals surface area (Å²) in [7, 11) is -3.75. The maximum absolute atomic E-state index is 12.5. The second kappa shape index (κ2) is 8.47. The molecule has 1 aromatic heterocycles. The van der Waals surface area contributed by atoms with Crippen LogP contribution in [-0.2, 0) is 10.0 Å². The van der Waals surface area contributed by atoms with Gasteiger partial charge in [-0.05, 0) is 42.5 Å². The highest BCUT2D eigenvalue weighted by molar-refractivity contribution is 7.92. The zero-order valence-electron chi connectivity index (χ0n) is 16.8. The molecular weight excluding hydrogens is 486 g/mol. The lowest BCUT2D eigenvalue weighted by molar-refractivity contribution is 0.174. The molecule has 0 unspecified atom stereocenters. The van der Waals surface area contributed by atoms with Gasteiger partial charge in [-0.15, -0.1) is 11.3 Å². The van der Waals surface area contributed by atoms with Gasteiger partial charge in [0.25, 0.3) is 10.0 Å². The Morgan fingerprint density at radius 3 is 2.33 bits per heavy atom. The fraction of sp³-hybridized carbons (Fsp3) is 0.0455. The van der Waals surface area contributed by atoms with E-state index in [1.165, 1.54) is 35.6 Å². The van der Waals surface area contributed by atoms with Crippen molar-refractivity contribution in [1.29, 1.82) is 0 Å². The molecule has 1 aliphatic heterocycles. The second-order valence-corrected chi connectivity index (χ2v) is 10.1. The molecule has 168 valence electrons. The smallest absolute Gasteiger partial charge is 0.324 e. The number of anilines is 3. The molecule has 0 spiro atoms. The first kappa shape index (κ1) is 21.4. The van der Waals surface area contributed by atoms with Gasteiger partial charge in [-0.1, -0.05) is 29.8 Å². The third kappa shape index (κ3) is 4.40. The number of carbonyl (C=O) groups excluding carboxylic acids is 1. The predicted octanol–water partition coefficient (Wildman–Crippen LogP) is 5.73. The Bertz CT molecular complexity index is 1460. The molecule has 8 nitrogen and oxygen atoms in total. The van der Waals surface area contributed by atoms with Crippen molar-refractivity contribution in [2.24, 2.45) is 0 Å². The maximum atomic E-state index is 12.5. The molecule has 0 radical (unpaired) electrons. The summed E-state index contributed by atoms with van der Waals surface area (Å²) in [5.41, 5.74) is 0.881. The molecular formula is C22H16ClN3O5S2. The van der Waals surface area contributed by atoms with Gasteiger partial charge in [-0.25, -0.2) is 13.2 Å². The van der Waals surface area contributed by atoms with Crippen molar-refractivity contribution in [1.82, 2.24) is 0 Å². The van der Waals surface area contributed by atoms with Crippen LogP contribution in [0.5, 0.6) is 11.5 Å². The quantitative estimate of drug-likeness (QED) is 0.324. The summed E-state index contributed by atoms with van der Waals surface area (Å²) < 4.78 is 39.2. The lowest BCUT2D eigenvalue weighted by atomic mass is 10.2. The van der Waals surface area contributed by atoms with Gasteiger partial charge in [0.1, 0.15) is 5.00 Å². The zero-order valence-corrected chi connectivity index (χ0v) is 19.2. The predicted molar refractivity (Wildman–Crippen MR) is 129 cm³/mol. The van der Waals surface area contributed by atoms with E-state index in [4.69, 9.17) is 21.1 Å². The van der Waals surface area contributed by atoms with Crippen LogP contribution in [0.4, 0.5) is 21.2 Å². The minimum Gasteiger partial charge on any atom is -0.454 e. The van der Waals surface area contributed by atoms with E-state index in [0.29, 0.717) is 32.9 Å². The topological polar surface area (TPSA) is 106 Å². The number of rotatable bonds is 5. The average molecular weight is 502 g/mol. The number of fused-ring (bicyclic) bond motifs is 2. The van der Waals surface area contributed by atoms with E-state index < -0.39 is 16.1 Å². The lowest BCUT2D eigenvalue weighted by Crippen LogP contribution is -2.19. The highest BCUT2D eigenvalue weighted by Gasteiger charge is 2.20. The number of halogens is 1. The van der Waals surface area contributed by atoms with Gasteiger partial charge in [0, 0.05) is 27.5 Å². The number of hydrogen-bond acceptors (Lipinski definition) is 6. The molecule has 1 aliphatic rings. The number of hydrogen-bond donors (Lipinski definition) is 3. The molecule has 0 bridgehead atoms. The van der Waals surface area contributed by atoms with Gasteiger partial charge < -0.3 is 14.8 Å². The minimum absolute atomic E-state index is 0.0716. The molecule has 0 atom stereocenters. The minimum atomic E-state index is -3.75. The number of thiophene rings is 1. The Kier molecular flexibility index (Phi) is 5.49. The summed E-state index contributed by atoms with van der Waals surface area (Å²) in [4.78, 5) is 12.6. The summed E-state index contributed by atoms with van der Waals surface area (Å²) in [5, 5.41) is 7.02. The van der Waals surface area contributed by atoms with Crippen LogP contribution in [0, 0.1) is 0 Å². The van der Waals surface area contributed by atoms with Crippen molar-refractivity contribution in [3.8, 4) is 11.5 Å². The molecule has 4 aromatic rings. The second-order valence-electron chi connectivity index (χ2n) is 7.02. The molecule has 2 amide bonds. The van der Waals surface area contributed by atoms with Crippen molar-refractivity contribution in [3.05, 3.63) is 71.8 Å². The van der Waals surface area contributed by atoms with Crippen LogP contribution in [0.2, 0.25) is 5.02 Å². The number of nitrogens with one attached hydrogen (secondary N) is 3. The van der Waals surface area contributed by atoms with E-state index in [0.717, 1.165) is 10.1 Å². The van der Waals surface area contributed by atoms with Crippen molar-refractivity contribution in [2.75, 3.05) is 22.1 Å². The fourth-order valence-corrected chi connectivity index (χ4v) is 5.67. The van der Waals surface area contributed by atoms with E-state index in [1.807, 2.05) is 6.07 Å². The van der Waals surface area contributed by atoms with Gasteiger partial charge in [0.05, 0.1) is 9.92 Å². The Morgan fingerprint density at radius 2 is 1.61 bits per heavy atom. The molecule has 0 saturated heterocycles. The molecule has 33 heavy (non-hydrogen) atoms. The molecule has 3 aromatic carbocycles. The summed E-state index contributed by atoms with van der Waals surface area (Å²) in [6, 6.07) is 17.5. The normalized spacial score (nSPS) is 12.5. The molecule has 0 aliphatic carbocycles. The van der Waals surface area contributed by atoms with Crippen LogP contribution >= 0.6 is 22.9 Å². The Labute approximate surface area is 198 Å². The lowest BCUT2D eigenvalue weighted by Gasteiger charge is -2.10. The van der Waals surface area contributed by atoms with Gasteiger partial charge in [-0.2, -0.15) is 0 Å². The zero-order chi connectivity index (χ0) is 23.0. The van der Waals surface area contributed by atoms with Gasteiger partial charge >= 0.3 is 6.03 Å². The van der Waals surface area contributed by atoms with E-state index >= 15 is 0 Å². The van der Waals surface area contributed by atoms with Gasteiger partial charge in [0.2, 0.25) is 6.79 Å². The standard InChI is InChI=1S/C22H16ClN3O5S2/c23-20-16-10-17-18(31-12-30-17)11-19(16)32-21(20)25-22(27)24-13-6-8-15(9-7-13)33(28,29)26-14-4-2-1-3-5-14/h1-11,26H,12H2,(H2,24,25,27). The number of sulfonamides is 1. The Balaban J connectivity index is 1.27. The van der Waals surface area contributed by atoms with Crippen LogP contribution in [0.15, 0.2) is 71.6 Å². The number of benzene rings is 3. The largest absolute Gasteiger partial charge is 0.454 e. The van der Waals surface area contributed by atoms with Crippen molar-refractivity contribution < 1.29 is 22.7 Å². The van der Waals surface area contributed by atoms with Crippen molar-refractivity contribution in [2.45, 2.75) is 4.90 Å². The van der Waals surface area contributed by atoms with Gasteiger partial charge in [-0.3, -0.25) is 10.0 Å². The van der Waals surface area contributed by atoms with Crippen LogP contribution < -0.4 is 24.8 Å². The number of amides is 2. The number of para-hydroxylation sites is 1. The van der Waals surface area contributed by atoms with Crippen LogP contribution in [-0.4, -0.2) is 21.2 Å².